The van der Waals surface area contributed by atoms with Gasteiger partial charge in [-0.3, -0.25) is 9.89 Å². The molecule has 0 saturated heterocycles. The van der Waals surface area contributed by atoms with Gasteiger partial charge in [-0.2, -0.15) is 10.2 Å². The largest absolute Gasteiger partial charge is 0.458 e. The molecule has 3 N–H and O–H groups in total. The second-order valence-corrected chi connectivity index (χ2v) is 8.21. The first-order chi connectivity index (χ1) is 17.4. The van der Waals surface area contributed by atoms with Gasteiger partial charge in [0, 0.05) is 11.8 Å². The Labute approximate surface area is 201 Å². The van der Waals surface area contributed by atoms with Gasteiger partial charge in [0.05, 0.1) is 17.1 Å². The Bertz CT molecular complexity index is 1830. The zero-order chi connectivity index (χ0) is 25.0. The maximum atomic E-state index is 14.7. The molecular formula is C25H17F2N7O2. The van der Waals surface area contributed by atoms with Crippen LogP contribution in [0.25, 0.3) is 44.4 Å². The third kappa shape index (κ3) is 3.24. The molecule has 9 nitrogen and oxygen atoms in total. The number of rotatable bonds is 4. The molecule has 0 amide bonds. The van der Waals surface area contributed by atoms with Crippen molar-refractivity contribution in [2.24, 2.45) is 0 Å². The van der Waals surface area contributed by atoms with Gasteiger partial charge >= 0.3 is 0 Å². The highest BCUT2D eigenvalue weighted by molar-refractivity contribution is 5.98. The number of nitrogen functional groups attached to an aromatic ring is 1. The van der Waals surface area contributed by atoms with Crippen molar-refractivity contribution in [1.29, 1.82) is 0 Å². The summed E-state index contributed by atoms with van der Waals surface area (Å²) in [4.78, 5) is 22.1. The number of aromatic amines is 1. The van der Waals surface area contributed by atoms with Gasteiger partial charge in [0.15, 0.2) is 5.65 Å². The fraction of sp³-hybridized carbons (Fsp3) is 0.0800. The number of nitrogens with one attached hydrogen (secondary N) is 1. The average molecular weight is 485 g/mol. The summed E-state index contributed by atoms with van der Waals surface area (Å²) in [6, 6.07) is 8.89. The van der Waals surface area contributed by atoms with Crippen LogP contribution >= 0.6 is 0 Å². The molecule has 0 radical (unpaired) electrons. The normalized spacial score (nSPS) is 12.4. The van der Waals surface area contributed by atoms with Crippen molar-refractivity contribution in [2.75, 3.05) is 5.73 Å². The Hall–Kier alpha value is -4.93. The smallest absolute Gasteiger partial charge is 0.203 e. The lowest BCUT2D eigenvalue weighted by atomic mass is 9.99. The third-order valence-corrected chi connectivity index (χ3v) is 6.05. The fourth-order valence-electron chi connectivity index (χ4n) is 4.39. The minimum atomic E-state index is -0.735. The highest BCUT2D eigenvalue weighted by Crippen LogP contribution is 2.36. The van der Waals surface area contributed by atoms with E-state index >= 15 is 0 Å². The molecule has 0 spiro atoms. The van der Waals surface area contributed by atoms with Gasteiger partial charge in [-0.05, 0) is 36.8 Å². The molecule has 1 atom stereocenters. The molecule has 0 aliphatic carbocycles. The van der Waals surface area contributed by atoms with Crippen molar-refractivity contribution < 1.29 is 13.2 Å². The van der Waals surface area contributed by atoms with E-state index in [1.165, 1.54) is 42.7 Å². The van der Waals surface area contributed by atoms with E-state index < -0.39 is 23.1 Å². The van der Waals surface area contributed by atoms with E-state index in [0.717, 1.165) is 0 Å². The molecule has 6 aromatic rings. The van der Waals surface area contributed by atoms with Crippen molar-refractivity contribution in [3.63, 3.8) is 0 Å². The summed E-state index contributed by atoms with van der Waals surface area (Å²) < 4.78 is 36.6. The number of anilines is 1. The maximum absolute atomic E-state index is 14.7. The molecule has 0 aliphatic heterocycles. The SMILES string of the molecule is CC(c1oc2cccc(F)c2c(=O)c1-c1cccc(F)c1)n1nc(-c2cn[nH]c2)c2c(N)ncnc21. The van der Waals surface area contributed by atoms with Crippen LogP contribution in [-0.4, -0.2) is 29.9 Å². The molecule has 11 heteroatoms. The predicted molar refractivity (Wildman–Crippen MR) is 129 cm³/mol. The fourth-order valence-corrected chi connectivity index (χ4v) is 4.39. The molecule has 4 aromatic heterocycles. The van der Waals surface area contributed by atoms with E-state index in [9.17, 15) is 13.6 Å². The summed E-state index contributed by atoms with van der Waals surface area (Å²) in [5.74, 6) is -0.914. The van der Waals surface area contributed by atoms with Gasteiger partial charge in [-0.1, -0.05) is 18.2 Å². The lowest BCUT2D eigenvalue weighted by Crippen LogP contribution is -2.17. The van der Waals surface area contributed by atoms with Gasteiger partial charge < -0.3 is 10.2 Å². The summed E-state index contributed by atoms with van der Waals surface area (Å²) in [5.41, 5.74) is 7.40. The van der Waals surface area contributed by atoms with Crippen LogP contribution in [0.4, 0.5) is 14.6 Å². The van der Waals surface area contributed by atoms with Crippen LogP contribution in [-0.2, 0) is 0 Å². The average Bonchev–Trinajstić information content (AvgIpc) is 3.52. The van der Waals surface area contributed by atoms with Crippen molar-refractivity contribution in [3.05, 3.63) is 88.8 Å². The van der Waals surface area contributed by atoms with Crippen LogP contribution in [0.1, 0.15) is 18.7 Å². The lowest BCUT2D eigenvalue weighted by Gasteiger charge is -2.17. The zero-order valence-electron chi connectivity index (χ0n) is 18.7. The molecule has 1 unspecified atom stereocenters. The predicted octanol–water partition coefficient (Wildman–Crippen LogP) is 4.46. The summed E-state index contributed by atoms with van der Waals surface area (Å²) >= 11 is 0. The Morgan fingerprint density at radius 2 is 1.92 bits per heavy atom. The molecule has 0 fully saturated rings. The number of fused-ring (bicyclic) bond motifs is 2. The highest BCUT2D eigenvalue weighted by atomic mass is 19.1. The molecule has 4 heterocycles. The van der Waals surface area contributed by atoms with Crippen LogP contribution < -0.4 is 11.2 Å². The highest BCUT2D eigenvalue weighted by Gasteiger charge is 2.28. The van der Waals surface area contributed by atoms with Gasteiger partial charge in [0.2, 0.25) is 5.43 Å². The molecule has 0 saturated carbocycles. The van der Waals surface area contributed by atoms with Crippen LogP contribution in [0.3, 0.4) is 0 Å². The standard InChI is InChI=1S/C25H17F2N7O2/c1-12(34-25-20(24(28)29-11-30-25)21(33-34)14-9-31-32-10-14)23-18(13-4-2-5-15(26)8-13)22(35)19-16(27)6-3-7-17(19)36-23/h2-12H,1H3,(H,31,32)(H2,28,29,30). The minimum Gasteiger partial charge on any atom is -0.458 e. The van der Waals surface area contributed by atoms with Crippen LogP contribution in [0.2, 0.25) is 0 Å². The molecule has 178 valence electrons. The first-order valence-corrected chi connectivity index (χ1v) is 10.9. The van der Waals surface area contributed by atoms with E-state index in [-0.39, 0.29) is 33.7 Å². The Kier molecular flexibility index (Phi) is 4.85. The van der Waals surface area contributed by atoms with Crippen molar-refractivity contribution in [1.82, 2.24) is 29.9 Å². The van der Waals surface area contributed by atoms with Gasteiger partial charge in [0.25, 0.3) is 0 Å². The van der Waals surface area contributed by atoms with Gasteiger partial charge in [-0.25, -0.2) is 23.4 Å². The van der Waals surface area contributed by atoms with E-state index in [1.807, 2.05) is 0 Å². The summed E-state index contributed by atoms with van der Waals surface area (Å²) in [6.07, 6.45) is 4.54. The van der Waals surface area contributed by atoms with E-state index in [1.54, 1.807) is 30.1 Å². The summed E-state index contributed by atoms with van der Waals surface area (Å²) in [6.45, 7) is 1.75. The molecule has 36 heavy (non-hydrogen) atoms. The summed E-state index contributed by atoms with van der Waals surface area (Å²) in [7, 11) is 0. The molecule has 0 aliphatic rings. The van der Waals surface area contributed by atoms with E-state index in [2.05, 4.69) is 20.2 Å². The number of hydrogen-bond donors (Lipinski definition) is 2. The monoisotopic (exact) mass is 485 g/mol. The van der Waals surface area contributed by atoms with Crippen LogP contribution in [0.5, 0.6) is 0 Å². The number of nitrogens with two attached hydrogens (primary N) is 1. The minimum absolute atomic E-state index is 0.0233. The Balaban J connectivity index is 1.67. The first-order valence-electron chi connectivity index (χ1n) is 10.9. The number of nitrogens with zero attached hydrogens (tertiary/aromatic N) is 5. The van der Waals surface area contributed by atoms with Crippen molar-refractivity contribution in [2.45, 2.75) is 13.0 Å². The Morgan fingerprint density at radius 1 is 1.08 bits per heavy atom. The second-order valence-electron chi connectivity index (χ2n) is 8.21. The van der Waals surface area contributed by atoms with Crippen molar-refractivity contribution in [3.8, 4) is 22.4 Å². The van der Waals surface area contributed by atoms with Crippen LogP contribution in [0, 0.1) is 11.6 Å². The number of benzene rings is 2. The second kappa shape index (κ2) is 8.08. The molecular weight excluding hydrogens is 468 g/mol. The third-order valence-electron chi connectivity index (χ3n) is 6.05. The van der Waals surface area contributed by atoms with E-state index in [4.69, 9.17) is 15.2 Å². The zero-order valence-corrected chi connectivity index (χ0v) is 18.7. The number of aromatic nitrogens is 6. The number of halogens is 2. The van der Waals surface area contributed by atoms with Gasteiger partial charge in [-0.15, -0.1) is 0 Å². The van der Waals surface area contributed by atoms with Crippen LogP contribution in [0.15, 0.2) is 70.4 Å². The van der Waals surface area contributed by atoms with Crippen molar-refractivity contribution >= 4 is 27.8 Å². The number of H-pyrrole nitrogens is 1. The molecule has 6 rings (SSSR count). The first kappa shape index (κ1) is 21.6. The quantitative estimate of drug-likeness (QED) is 0.377. The topological polar surface area (TPSA) is 129 Å². The molecule has 2 aromatic carbocycles. The Morgan fingerprint density at radius 3 is 2.69 bits per heavy atom. The van der Waals surface area contributed by atoms with Gasteiger partial charge in [0.1, 0.15) is 52.2 Å². The van der Waals surface area contributed by atoms with E-state index in [0.29, 0.717) is 22.3 Å². The maximum Gasteiger partial charge on any atom is 0.203 e. The number of hydrogen-bond acceptors (Lipinski definition) is 7. The summed E-state index contributed by atoms with van der Waals surface area (Å²) in [5, 5.41) is 11.7. The molecule has 0 bridgehead atoms. The lowest BCUT2D eigenvalue weighted by molar-refractivity contribution is 0.445.